The molecule has 0 aliphatic heterocycles. The van der Waals surface area contributed by atoms with Gasteiger partial charge in [-0.05, 0) is 38.5 Å². The van der Waals surface area contributed by atoms with Crippen molar-refractivity contribution >= 4 is 5.91 Å². The molecule has 3 nitrogen and oxygen atoms in total. The summed E-state index contributed by atoms with van der Waals surface area (Å²) in [5, 5.41) is 9.30. The van der Waals surface area contributed by atoms with Gasteiger partial charge in [0.15, 0.2) is 0 Å². The quantitative estimate of drug-likeness (QED) is 0.524. The minimum atomic E-state index is -0.239. The maximum Gasteiger partial charge on any atom is 0.222 e. The molecule has 0 aliphatic carbocycles. The Morgan fingerprint density at radius 3 is 2.41 bits per heavy atom. The summed E-state index contributed by atoms with van der Waals surface area (Å²) in [5.74, 6) is 0.526. The fraction of sp³-hybridized carbons (Fsp3) is 0.786. The SMILES string of the molecule is C[C@H](O)[C@H](C)CC=CCCCCC(=O)N(C)C. The van der Waals surface area contributed by atoms with Crippen molar-refractivity contribution in [2.75, 3.05) is 14.1 Å². The Hall–Kier alpha value is -0.830. The second-order valence-electron chi connectivity index (χ2n) is 4.96. The fourth-order valence-electron chi connectivity index (χ4n) is 1.39. The summed E-state index contributed by atoms with van der Waals surface area (Å²) in [6.07, 6.45) is 8.64. The summed E-state index contributed by atoms with van der Waals surface area (Å²) >= 11 is 0. The van der Waals surface area contributed by atoms with Crippen LogP contribution in [-0.2, 0) is 4.79 Å². The Kier molecular flexibility index (Phi) is 8.78. The lowest BCUT2D eigenvalue weighted by Crippen LogP contribution is -2.20. The highest BCUT2D eigenvalue weighted by atomic mass is 16.3. The van der Waals surface area contributed by atoms with Crippen LogP contribution in [0.5, 0.6) is 0 Å². The van der Waals surface area contributed by atoms with Crippen molar-refractivity contribution < 1.29 is 9.90 Å². The maximum absolute atomic E-state index is 11.3. The third-order valence-electron chi connectivity index (χ3n) is 3.01. The Balaban J connectivity index is 3.46. The van der Waals surface area contributed by atoms with Crippen LogP contribution in [0.4, 0.5) is 0 Å². The van der Waals surface area contributed by atoms with Crippen LogP contribution in [0.1, 0.15) is 46.0 Å². The molecule has 0 fully saturated rings. The Labute approximate surface area is 106 Å². The summed E-state index contributed by atoms with van der Waals surface area (Å²) < 4.78 is 0. The van der Waals surface area contributed by atoms with E-state index in [-0.39, 0.29) is 12.0 Å². The van der Waals surface area contributed by atoms with Gasteiger partial charge in [-0.3, -0.25) is 4.79 Å². The molecule has 0 radical (unpaired) electrons. The molecule has 0 heterocycles. The minimum absolute atomic E-state index is 0.205. The lowest BCUT2D eigenvalue weighted by Gasteiger charge is -2.11. The van der Waals surface area contributed by atoms with E-state index >= 15 is 0 Å². The second-order valence-corrected chi connectivity index (χ2v) is 4.96. The van der Waals surface area contributed by atoms with E-state index in [1.54, 1.807) is 19.0 Å². The average molecular weight is 241 g/mol. The number of hydrogen-bond acceptors (Lipinski definition) is 2. The van der Waals surface area contributed by atoms with Crippen molar-refractivity contribution in [2.24, 2.45) is 5.92 Å². The molecule has 3 heteroatoms. The van der Waals surface area contributed by atoms with Gasteiger partial charge in [-0.15, -0.1) is 0 Å². The molecule has 0 bridgehead atoms. The first-order valence-corrected chi connectivity index (χ1v) is 6.48. The van der Waals surface area contributed by atoms with E-state index < -0.39 is 0 Å². The van der Waals surface area contributed by atoms with E-state index in [1.807, 2.05) is 13.8 Å². The molecule has 0 saturated carbocycles. The van der Waals surface area contributed by atoms with Crippen LogP contribution < -0.4 is 0 Å². The van der Waals surface area contributed by atoms with E-state index in [0.717, 1.165) is 25.7 Å². The molecule has 17 heavy (non-hydrogen) atoms. The standard InChI is InChI=1S/C14H27NO2/c1-12(13(2)16)10-8-6-5-7-9-11-14(17)15(3)4/h6,8,12-13,16H,5,7,9-11H2,1-4H3/t12-,13+/m1/s1. The van der Waals surface area contributed by atoms with Gasteiger partial charge in [0.25, 0.3) is 0 Å². The Bertz CT molecular complexity index is 234. The van der Waals surface area contributed by atoms with Gasteiger partial charge in [-0.1, -0.05) is 19.1 Å². The summed E-state index contributed by atoms with van der Waals surface area (Å²) in [7, 11) is 3.58. The number of nitrogens with zero attached hydrogens (tertiary/aromatic N) is 1. The zero-order valence-corrected chi connectivity index (χ0v) is 11.6. The fourth-order valence-corrected chi connectivity index (χ4v) is 1.39. The topological polar surface area (TPSA) is 40.5 Å². The highest BCUT2D eigenvalue weighted by Crippen LogP contribution is 2.09. The molecular formula is C14H27NO2. The Morgan fingerprint density at radius 1 is 1.24 bits per heavy atom. The first-order valence-electron chi connectivity index (χ1n) is 6.48. The predicted molar refractivity (Wildman–Crippen MR) is 71.8 cm³/mol. The molecule has 0 aromatic carbocycles. The lowest BCUT2D eigenvalue weighted by molar-refractivity contribution is -0.128. The molecule has 0 rings (SSSR count). The number of hydrogen-bond donors (Lipinski definition) is 1. The number of aliphatic hydroxyl groups excluding tert-OH is 1. The van der Waals surface area contributed by atoms with E-state index in [1.165, 1.54) is 0 Å². The van der Waals surface area contributed by atoms with Crippen LogP contribution in [0, 0.1) is 5.92 Å². The smallest absolute Gasteiger partial charge is 0.222 e. The monoisotopic (exact) mass is 241 g/mol. The third kappa shape index (κ3) is 8.93. The molecular weight excluding hydrogens is 214 g/mol. The molecule has 0 spiro atoms. The molecule has 1 amide bonds. The van der Waals surface area contributed by atoms with Crippen molar-refractivity contribution in [3.05, 3.63) is 12.2 Å². The number of amides is 1. The number of allylic oxidation sites excluding steroid dienone is 2. The third-order valence-corrected chi connectivity index (χ3v) is 3.01. The van der Waals surface area contributed by atoms with Crippen LogP contribution in [0.3, 0.4) is 0 Å². The first-order chi connectivity index (χ1) is 7.95. The lowest BCUT2D eigenvalue weighted by atomic mass is 10.0. The zero-order valence-electron chi connectivity index (χ0n) is 11.6. The summed E-state index contributed by atoms with van der Waals surface area (Å²) in [5.41, 5.74) is 0. The summed E-state index contributed by atoms with van der Waals surface area (Å²) in [6, 6.07) is 0. The van der Waals surface area contributed by atoms with Gasteiger partial charge in [-0.25, -0.2) is 0 Å². The van der Waals surface area contributed by atoms with E-state index in [0.29, 0.717) is 12.3 Å². The normalized spacial score (nSPS) is 14.9. The van der Waals surface area contributed by atoms with Crippen molar-refractivity contribution in [1.29, 1.82) is 0 Å². The molecule has 2 atom stereocenters. The van der Waals surface area contributed by atoms with E-state index in [9.17, 15) is 9.90 Å². The zero-order chi connectivity index (χ0) is 13.3. The molecule has 0 aliphatic rings. The maximum atomic E-state index is 11.3. The van der Waals surface area contributed by atoms with Crippen molar-refractivity contribution in [3.63, 3.8) is 0 Å². The minimum Gasteiger partial charge on any atom is -0.393 e. The van der Waals surface area contributed by atoms with Gasteiger partial charge in [0.2, 0.25) is 5.91 Å². The van der Waals surface area contributed by atoms with Gasteiger partial charge in [0.1, 0.15) is 0 Å². The van der Waals surface area contributed by atoms with E-state index in [4.69, 9.17) is 0 Å². The van der Waals surface area contributed by atoms with Gasteiger partial charge in [0.05, 0.1) is 6.10 Å². The van der Waals surface area contributed by atoms with Gasteiger partial charge >= 0.3 is 0 Å². The van der Waals surface area contributed by atoms with Gasteiger partial charge in [-0.2, -0.15) is 0 Å². The van der Waals surface area contributed by atoms with Crippen LogP contribution in [0.2, 0.25) is 0 Å². The van der Waals surface area contributed by atoms with Crippen molar-refractivity contribution in [1.82, 2.24) is 4.90 Å². The van der Waals surface area contributed by atoms with Crippen LogP contribution in [-0.4, -0.2) is 36.1 Å². The number of carbonyl (C=O) groups excluding carboxylic acids is 1. The summed E-state index contributed by atoms with van der Waals surface area (Å²) in [6.45, 7) is 3.87. The Morgan fingerprint density at radius 2 is 1.88 bits per heavy atom. The number of aliphatic hydroxyl groups is 1. The number of unbranched alkanes of at least 4 members (excludes halogenated alkanes) is 2. The first kappa shape index (κ1) is 16.2. The highest BCUT2D eigenvalue weighted by Gasteiger charge is 2.05. The predicted octanol–water partition coefficient (Wildman–Crippen LogP) is 2.60. The molecule has 0 aromatic heterocycles. The van der Waals surface area contributed by atoms with Crippen molar-refractivity contribution in [2.45, 2.75) is 52.1 Å². The highest BCUT2D eigenvalue weighted by molar-refractivity contribution is 5.75. The van der Waals surface area contributed by atoms with Crippen molar-refractivity contribution in [3.8, 4) is 0 Å². The van der Waals surface area contributed by atoms with E-state index in [2.05, 4.69) is 12.2 Å². The molecule has 0 unspecified atom stereocenters. The number of carbonyl (C=O) groups is 1. The van der Waals surface area contributed by atoms with Crippen LogP contribution >= 0.6 is 0 Å². The molecule has 1 N–H and O–H groups in total. The van der Waals surface area contributed by atoms with Crippen LogP contribution in [0.15, 0.2) is 12.2 Å². The molecule has 0 saturated heterocycles. The van der Waals surface area contributed by atoms with Crippen LogP contribution in [0.25, 0.3) is 0 Å². The second kappa shape index (κ2) is 9.23. The molecule has 100 valence electrons. The van der Waals surface area contributed by atoms with Gasteiger partial charge < -0.3 is 10.0 Å². The van der Waals surface area contributed by atoms with Gasteiger partial charge in [0, 0.05) is 20.5 Å². The molecule has 0 aromatic rings. The summed E-state index contributed by atoms with van der Waals surface area (Å²) in [4.78, 5) is 12.9. The average Bonchev–Trinajstić information content (AvgIpc) is 2.26. The number of rotatable bonds is 8. The largest absolute Gasteiger partial charge is 0.393 e.